The molecule has 0 unspecified atom stereocenters. The first-order valence-corrected chi connectivity index (χ1v) is 14.2. The van der Waals surface area contributed by atoms with Gasteiger partial charge in [0.1, 0.15) is 18.1 Å². The Bertz CT molecular complexity index is 1540. The topological polar surface area (TPSA) is 267 Å². The van der Waals surface area contributed by atoms with Gasteiger partial charge in [-0.05, 0) is 42.2 Å². The largest absolute Gasteiger partial charge is 0.370 e. The molecule has 4 amide bonds. The molecule has 10 N–H and O–H groups in total. The lowest BCUT2D eigenvalue weighted by atomic mass is 10.0. The molecule has 0 bridgehead atoms. The van der Waals surface area contributed by atoms with Crippen LogP contribution in [-0.2, 0) is 32.0 Å². The van der Waals surface area contributed by atoms with Crippen LogP contribution in [0.15, 0.2) is 78.2 Å². The number of amides is 4. The zero-order valence-corrected chi connectivity index (χ0v) is 24.8. The van der Waals surface area contributed by atoms with Crippen molar-refractivity contribution in [1.82, 2.24) is 25.9 Å². The van der Waals surface area contributed by atoms with Crippen LogP contribution in [0.1, 0.15) is 29.7 Å². The van der Waals surface area contributed by atoms with Crippen molar-refractivity contribution in [3.05, 3.63) is 100 Å². The molecule has 16 nitrogen and oxygen atoms in total. The second kappa shape index (κ2) is 17.3. The van der Waals surface area contributed by atoms with Crippen LogP contribution in [0.3, 0.4) is 0 Å². The number of rotatable bonds is 17. The summed E-state index contributed by atoms with van der Waals surface area (Å²) in [5.41, 5.74) is 17.9. The highest BCUT2D eigenvalue weighted by molar-refractivity contribution is 5.97. The number of benzene rings is 2. The average molecular weight is 633 g/mol. The summed E-state index contributed by atoms with van der Waals surface area (Å²) >= 11 is 0. The molecule has 0 fully saturated rings. The Balaban J connectivity index is 1.77. The number of nitrogens with one attached hydrogen (secondary N) is 4. The number of aromatic amines is 1. The maximum Gasteiger partial charge on any atom is 0.269 e. The third kappa shape index (κ3) is 11.6. The molecule has 0 aliphatic heterocycles. The zero-order valence-electron chi connectivity index (χ0n) is 24.8. The number of hydrogen-bond acceptors (Lipinski definition) is 8. The predicted molar refractivity (Wildman–Crippen MR) is 169 cm³/mol. The van der Waals surface area contributed by atoms with Gasteiger partial charge in [0.2, 0.25) is 23.6 Å². The third-order valence-electron chi connectivity index (χ3n) is 6.66. The fraction of sp³-hybridized carbons (Fsp3) is 0.267. The van der Waals surface area contributed by atoms with Crippen LogP contribution in [-0.4, -0.2) is 69.1 Å². The summed E-state index contributed by atoms with van der Waals surface area (Å²) in [6.07, 6.45) is 6.13. The van der Waals surface area contributed by atoms with E-state index >= 15 is 0 Å². The lowest BCUT2D eigenvalue weighted by Crippen LogP contribution is -2.57. The number of nitro benzene ring substituents is 1. The van der Waals surface area contributed by atoms with Crippen molar-refractivity contribution >= 4 is 41.4 Å². The molecule has 2 aromatic carbocycles. The zero-order chi connectivity index (χ0) is 33.5. The number of imidazole rings is 1. The monoisotopic (exact) mass is 632 g/mol. The molecule has 46 heavy (non-hydrogen) atoms. The van der Waals surface area contributed by atoms with Crippen LogP contribution in [0.4, 0.5) is 5.69 Å². The second-order valence-electron chi connectivity index (χ2n) is 10.2. The predicted octanol–water partition coefficient (Wildman–Crippen LogP) is -0.190. The molecule has 0 aliphatic carbocycles. The van der Waals surface area contributed by atoms with Crippen molar-refractivity contribution in [2.24, 2.45) is 22.2 Å². The molecular formula is C30H36N10O6. The van der Waals surface area contributed by atoms with Gasteiger partial charge in [-0.15, -0.1) is 0 Å². The number of carbonyl (C=O) groups is 4. The summed E-state index contributed by atoms with van der Waals surface area (Å²) < 4.78 is 0. The number of carbonyl (C=O) groups excluding carboxylic acids is 4. The molecule has 16 heteroatoms. The molecule has 3 aromatic rings. The molecule has 242 valence electrons. The highest BCUT2D eigenvalue weighted by atomic mass is 16.6. The number of nitrogens with two attached hydrogens (primary N) is 3. The van der Waals surface area contributed by atoms with Crippen LogP contribution >= 0.6 is 0 Å². The molecule has 3 atom stereocenters. The van der Waals surface area contributed by atoms with Gasteiger partial charge >= 0.3 is 0 Å². The van der Waals surface area contributed by atoms with Crippen molar-refractivity contribution in [2.45, 2.75) is 43.8 Å². The molecule has 1 aromatic heterocycles. The summed E-state index contributed by atoms with van der Waals surface area (Å²) in [7, 11) is 0. The van der Waals surface area contributed by atoms with E-state index in [9.17, 15) is 29.3 Å². The number of nitrogens with zero attached hydrogens (tertiary/aromatic N) is 3. The number of nitro groups is 1. The summed E-state index contributed by atoms with van der Waals surface area (Å²) in [6.45, 7) is 0.222. The Labute approximate surface area is 264 Å². The molecule has 1 heterocycles. The molecule has 0 radical (unpaired) electrons. The fourth-order valence-electron chi connectivity index (χ4n) is 4.32. The number of hydrogen-bond donors (Lipinski definition) is 7. The Morgan fingerprint density at radius 3 is 2.15 bits per heavy atom. The van der Waals surface area contributed by atoms with E-state index in [4.69, 9.17) is 17.2 Å². The Hall–Kier alpha value is -6.06. The number of aromatic nitrogens is 2. The quantitative estimate of drug-likeness (QED) is 0.0259. The van der Waals surface area contributed by atoms with Crippen LogP contribution in [0.2, 0.25) is 0 Å². The van der Waals surface area contributed by atoms with Gasteiger partial charge in [-0.25, -0.2) is 4.98 Å². The van der Waals surface area contributed by atoms with E-state index in [2.05, 4.69) is 30.9 Å². The number of aliphatic imine (C=N–C) groups is 1. The average Bonchev–Trinajstić information content (AvgIpc) is 3.54. The van der Waals surface area contributed by atoms with E-state index in [1.807, 2.05) is 0 Å². The Morgan fingerprint density at radius 2 is 1.57 bits per heavy atom. The van der Waals surface area contributed by atoms with Gasteiger partial charge in [0.05, 0.1) is 11.3 Å². The van der Waals surface area contributed by atoms with E-state index in [1.54, 1.807) is 30.3 Å². The molecule has 0 spiro atoms. The smallest absolute Gasteiger partial charge is 0.269 e. The summed E-state index contributed by atoms with van der Waals surface area (Å²) in [5, 5.41) is 18.8. The Morgan fingerprint density at radius 1 is 0.913 bits per heavy atom. The summed E-state index contributed by atoms with van der Waals surface area (Å²) in [6, 6.07) is 11.1. The third-order valence-corrected chi connectivity index (χ3v) is 6.66. The minimum Gasteiger partial charge on any atom is -0.370 e. The number of guanidine groups is 1. The molecule has 0 saturated heterocycles. The second-order valence-corrected chi connectivity index (χ2v) is 10.2. The van der Waals surface area contributed by atoms with Crippen molar-refractivity contribution in [2.75, 3.05) is 6.54 Å². The first kappa shape index (κ1) is 34.4. The van der Waals surface area contributed by atoms with Crippen molar-refractivity contribution in [3.63, 3.8) is 0 Å². The maximum atomic E-state index is 13.6. The van der Waals surface area contributed by atoms with E-state index in [0.29, 0.717) is 17.7 Å². The first-order chi connectivity index (χ1) is 22.0. The van der Waals surface area contributed by atoms with Gasteiger partial charge < -0.3 is 38.1 Å². The van der Waals surface area contributed by atoms with Gasteiger partial charge in [-0.3, -0.25) is 34.3 Å². The SMILES string of the molecule is NC(=O)[C@@H](CCCN=C(N)N)NC(=O)[C@@H](Cc1ccccc1)NC(=O)[C@H](Cc1cnc[nH]1)NC(=O)/C=C/c1ccc([N+](=O)[O-])cc1. The molecule has 3 rings (SSSR count). The van der Waals surface area contributed by atoms with Crippen LogP contribution in [0.25, 0.3) is 6.08 Å². The number of primary amides is 1. The minimum absolute atomic E-state index is 0.0112. The van der Waals surface area contributed by atoms with Gasteiger partial charge in [0.15, 0.2) is 5.96 Å². The van der Waals surface area contributed by atoms with E-state index in [1.165, 1.54) is 48.9 Å². The lowest BCUT2D eigenvalue weighted by Gasteiger charge is -2.24. The highest BCUT2D eigenvalue weighted by Gasteiger charge is 2.29. The van der Waals surface area contributed by atoms with Crippen molar-refractivity contribution in [1.29, 1.82) is 0 Å². The van der Waals surface area contributed by atoms with Gasteiger partial charge in [-0.1, -0.05) is 30.3 Å². The van der Waals surface area contributed by atoms with E-state index in [0.717, 1.165) is 5.56 Å². The molecular weight excluding hydrogens is 596 g/mol. The van der Waals surface area contributed by atoms with Gasteiger partial charge in [0.25, 0.3) is 5.69 Å². The number of non-ortho nitro benzene ring substituents is 1. The number of H-pyrrole nitrogens is 1. The highest BCUT2D eigenvalue weighted by Crippen LogP contribution is 2.13. The van der Waals surface area contributed by atoms with E-state index in [-0.39, 0.29) is 37.5 Å². The normalized spacial score (nSPS) is 12.8. The van der Waals surface area contributed by atoms with Gasteiger partial charge in [-0.2, -0.15) is 0 Å². The van der Waals surface area contributed by atoms with Crippen molar-refractivity contribution in [3.8, 4) is 0 Å². The van der Waals surface area contributed by atoms with Gasteiger partial charge in [0, 0.05) is 49.5 Å². The lowest BCUT2D eigenvalue weighted by molar-refractivity contribution is -0.384. The van der Waals surface area contributed by atoms with E-state index < -0.39 is 46.7 Å². The Kier molecular flexibility index (Phi) is 12.9. The maximum absolute atomic E-state index is 13.6. The molecule has 0 saturated carbocycles. The summed E-state index contributed by atoms with van der Waals surface area (Å²) in [5.74, 6) is -2.84. The molecule has 0 aliphatic rings. The fourth-order valence-corrected chi connectivity index (χ4v) is 4.32. The van der Waals surface area contributed by atoms with Crippen LogP contribution < -0.4 is 33.2 Å². The van der Waals surface area contributed by atoms with Crippen LogP contribution in [0, 0.1) is 10.1 Å². The summed E-state index contributed by atoms with van der Waals surface area (Å²) in [4.78, 5) is 73.1. The van der Waals surface area contributed by atoms with Crippen molar-refractivity contribution < 1.29 is 24.1 Å². The first-order valence-electron chi connectivity index (χ1n) is 14.2. The standard InChI is InChI=1S/C30H36N10O6/c31-27(42)23(7-4-14-35-30(32)33)38-28(43)24(15-20-5-2-1-3-6-20)39-29(44)25(16-21-17-34-18-36-21)37-26(41)13-10-19-8-11-22(12-9-19)40(45)46/h1-3,5-6,8-13,17-18,23-25H,4,7,14-16H2,(H2,31,42)(H,34,36)(H,37,41)(H,38,43)(H,39,44)(H4,32,33,35)/b13-10+/t23-,24-,25+/m1/s1. The minimum atomic E-state index is -1.15. The van der Waals surface area contributed by atoms with Crippen LogP contribution in [0.5, 0.6) is 0 Å².